The van der Waals surface area contributed by atoms with Gasteiger partial charge in [-0.05, 0) is 32.9 Å². The lowest BCUT2D eigenvalue weighted by Crippen LogP contribution is -2.58. The Morgan fingerprint density at radius 2 is 2.07 bits per heavy atom. The first-order chi connectivity index (χ1) is 6.94. The van der Waals surface area contributed by atoms with Crippen LogP contribution in [0, 0.1) is 0 Å². The van der Waals surface area contributed by atoms with Crippen LogP contribution in [0.15, 0.2) is 0 Å². The van der Waals surface area contributed by atoms with Crippen LogP contribution in [0.5, 0.6) is 0 Å². The van der Waals surface area contributed by atoms with Crippen LogP contribution in [0.2, 0.25) is 0 Å². The van der Waals surface area contributed by atoms with Crippen molar-refractivity contribution in [3.63, 3.8) is 0 Å². The molecule has 1 rings (SSSR count). The molecule has 2 N–H and O–H groups in total. The molecule has 0 unspecified atom stereocenters. The fraction of sp³-hybridized carbons (Fsp3) is 0.889. The number of aliphatic hydroxyl groups is 1. The fourth-order valence-corrected chi connectivity index (χ4v) is 1.57. The SMILES string of the molecule is CCOC(=O)C(F)(F)C1(O)CCNCC1. The number of ether oxygens (including phenoxy) is 1. The van der Waals surface area contributed by atoms with Gasteiger partial charge in [0.1, 0.15) is 5.60 Å². The number of carbonyl (C=O) groups excluding carboxylic acids is 1. The second-order valence-electron chi connectivity index (χ2n) is 3.58. The van der Waals surface area contributed by atoms with E-state index in [-0.39, 0.29) is 32.5 Å². The molecule has 0 aromatic heterocycles. The zero-order valence-corrected chi connectivity index (χ0v) is 8.56. The number of hydrogen-bond acceptors (Lipinski definition) is 4. The number of halogens is 2. The normalized spacial score (nSPS) is 21.1. The van der Waals surface area contributed by atoms with E-state index < -0.39 is 17.5 Å². The van der Waals surface area contributed by atoms with E-state index in [1.807, 2.05) is 0 Å². The Hall–Kier alpha value is -0.750. The highest BCUT2D eigenvalue weighted by molar-refractivity contribution is 5.79. The van der Waals surface area contributed by atoms with Crippen LogP contribution in [0.4, 0.5) is 8.78 Å². The van der Waals surface area contributed by atoms with Crippen LogP contribution < -0.4 is 5.32 Å². The molecule has 15 heavy (non-hydrogen) atoms. The number of nitrogens with one attached hydrogen (secondary N) is 1. The maximum atomic E-state index is 13.5. The Labute approximate surface area is 86.6 Å². The fourth-order valence-electron chi connectivity index (χ4n) is 1.57. The molecule has 0 spiro atoms. The molecule has 0 atom stereocenters. The molecule has 1 aliphatic heterocycles. The largest absolute Gasteiger partial charge is 0.461 e. The minimum absolute atomic E-state index is 0.122. The summed E-state index contributed by atoms with van der Waals surface area (Å²) < 4.78 is 31.3. The molecule has 0 aromatic rings. The van der Waals surface area contributed by atoms with Crippen molar-refractivity contribution in [3.05, 3.63) is 0 Å². The lowest BCUT2D eigenvalue weighted by Gasteiger charge is -2.37. The van der Waals surface area contributed by atoms with Gasteiger partial charge in [-0.2, -0.15) is 8.78 Å². The average molecular weight is 223 g/mol. The van der Waals surface area contributed by atoms with Crippen LogP contribution in [0.25, 0.3) is 0 Å². The van der Waals surface area contributed by atoms with Gasteiger partial charge in [-0.3, -0.25) is 0 Å². The standard InChI is InChI=1S/C9H15F2NO3/c1-2-15-7(13)9(10,11)8(14)3-5-12-6-4-8/h12,14H,2-6H2,1H3. The molecule has 6 heteroatoms. The van der Waals surface area contributed by atoms with E-state index in [0.29, 0.717) is 0 Å². The van der Waals surface area contributed by atoms with E-state index in [9.17, 15) is 18.7 Å². The van der Waals surface area contributed by atoms with E-state index >= 15 is 0 Å². The van der Waals surface area contributed by atoms with Gasteiger partial charge in [0.15, 0.2) is 0 Å². The van der Waals surface area contributed by atoms with Gasteiger partial charge in [0, 0.05) is 0 Å². The molecule has 0 radical (unpaired) electrons. The summed E-state index contributed by atoms with van der Waals surface area (Å²) >= 11 is 0. The van der Waals surface area contributed by atoms with Crippen molar-refractivity contribution in [1.29, 1.82) is 0 Å². The smallest absolute Gasteiger partial charge is 0.380 e. The van der Waals surface area contributed by atoms with Crippen LogP contribution in [-0.2, 0) is 9.53 Å². The van der Waals surface area contributed by atoms with Crippen molar-refractivity contribution in [2.75, 3.05) is 19.7 Å². The highest BCUT2D eigenvalue weighted by atomic mass is 19.3. The van der Waals surface area contributed by atoms with Crippen LogP contribution in [-0.4, -0.2) is 42.3 Å². The summed E-state index contributed by atoms with van der Waals surface area (Å²) in [4.78, 5) is 11.0. The Morgan fingerprint density at radius 3 is 2.53 bits per heavy atom. The zero-order chi connectivity index (χ0) is 11.5. The molecule has 4 nitrogen and oxygen atoms in total. The monoisotopic (exact) mass is 223 g/mol. The minimum atomic E-state index is -3.83. The van der Waals surface area contributed by atoms with Crippen LogP contribution >= 0.6 is 0 Å². The Bertz CT molecular complexity index is 240. The summed E-state index contributed by atoms with van der Waals surface area (Å²) in [7, 11) is 0. The molecule has 1 aliphatic rings. The zero-order valence-electron chi connectivity index (χ0n) is 8.56. The van der Waals surface area contributed by atoms with Gasteiger partial charge in [0.05, 0.1) is 6.61 Å². The second-order valence-corrected chi connectivity index (χ2v) is 3.58. The van der Waals surface area contributed by atoms with Crippen molar-refractivity contribution in [2.45, 2.75) is 31.3 Å². The van der Waals surface area contributed by atoms with E-state index in [1.54, 1.807) is 0 Å². The number of esters is 1. The lowest BCUT2D eigenvalue weighted by atomic mass is 9.86. The Kier molecular flexibility index (Phi) is 3.62. The molecule has 1 heterocycles. The maximum Gasteiger partial charge on any atom is 0.380 e. The summed E-state index contributed by atoms with van der Waals surface area (Å²) in [6.07, 6.45) is -0.308. The first-order valence-corrected chi connectivity index (χ1v) is 4.92. The van der Waals surface area contributed by atoms with E-state index in [4.69, 9.17) is 0 Å². The van der Waals surface area contributed by atoms with Crippen molar-refractivity contribution in [2.24, 2.45) is 0 Å². The predicted molar refractivity (Wildman–Crippen MR) is 48.6 cm³/mol. The number of carbonyl (C=O) groups is 1. The summed E-state index contributed by atoms with van der Waals surface area (Å²) in [5, 5.41) is 12.5. The molecular formula is C9H15F2NO3. The quantitative estimate of drug-likeness (QED) is 0.676. The predicted octanol–water partition coefficient (Wildman–Crippen LogP) is 0.299. The Balaban J connectivity index is 2.77. The van der Waals surface area contributed by atoms with Gasteiger partial charge in [0.25, 0.3) is 0 Å². The first-order valence-electron chi connectivity index (χ1n) is 4.92. The number of rotatable bonds is 3. The van der Waals surface area contributed by atoms with Gasteiger partial charge in [0.2, 0.25) is 0 Å². The number of alkyl halides is 2. The topological polar surface area (TPSA) is 58.6 Å². The maximum absolute atomic E-state index is 13.5. The molecule has 0 amide bonds. The van der Waals surface area contributed by atoms with E-state index in [2.05, 4.69) is 10.1 Å². The number of hydrogen-bond donors (Lipinski definition) is 2. The van der Waals surface area contributed by atoms with Crippen molar-refractivity contribution < 1.29 is 23.4 Å². The summed E-state index contributed by atoms with van der Waals surface area (Å²) in [6.45, 7) is 1.86. The van der Waals surface area contributed by atoms with Gasteiger partial charge < -0.3 is 15.2 Å². The number of piperidine rings is 1. The van der Waals surface area contributed by atoms with Crippen molar-refractivity contribution in [1.82, 2.24) is 5.32 Å². The molecule has 0 aliphatic carbocycles. The molecule has 88 valence electrons. The summed E-state index contributed by atoms with van der Waals surface area (Å²) in [5.41, 5.74) is -2.27. The average Bonchev–Trinajstić information content (AvgIpc) is 2.19. The third-order valence-corrected chi connectivity index (χ3v) is 2.55. The minimum Gasteiger partial charge on any atom is -0.461 e. The van der Waals surface area contributed by atoms with Crippen molar-refractivity contribution >= 4 is 5.97 Å². The molecule has 0 aromatic carbocycles. The highest BCUT2D eigenvalue weighted by Gasteiger charge is 2.59. The van der Waals surface area contributed by atoms with Crippen LogP contribution in [0.3, 0.4) is 0 Å². The highest BCUT2D eigenvalue weighted by Crippen LogP contribution is 2.36. The third-order valence-electron chi connectivity index (χ3n) is 2.55. The molecule has 1 fully saturated rings. The van der Waals surface area contributed by atoms with Gasteiger partial charge in [-0.15, -0.1) is 0 Å². The van der Waals surface area contributed by atoms with Crippen molar-refractivity contribution in [3.8, 4) is 0 Å². The molecule has 1 saturated heterocycles. The lowest BCUT2D eigenvalue weighted by molar-refractivity contribution is -0.218. The molecular weight excluding hydrogens is 208 g/mol. The Morgan fingerprint density at radius 1 is 1.53 bits per heavy atom. The molecule has 0 saturated carbocycles. The first kappa shape index (κ1) is 12.3. The second kappa shape index (κ2) is 4.40. The van der Waals surface area contributed by atoms with Gasteiger partial charge in [-0.25, -0.2) is 4.79 Å². The van der Waals surface area contributed by atoms with E-state index in [0.717, 1.165) is 0 Å². The molecule has 0 bridgehead atoms. The van der Waals surface area contributed by atoms with Gasteiger partial charge >= 0.3 is 11.9 Å². The van der Waals surface area contributed by atoms with Gasteiger partial charge in [-0.1, -0.05) is 0 Å². The summed E-state index contributed by atoms with van der Waals surface area (Å²) in [6, 6.07) is 0. The van der Waals surface area contributed by atoms with E-state index in [1.165, 1.54) is 6.92 Å². The van der Waals surface area contributed by atoms with Crippen LogP contribution in [0.1, 0.15) is 19.8 Å². The third kappa shape index (κ3) is 2.26. The summed E-state index contributed by atoms with van der Waals surface area (Å²) in [5.74, 6) is -5.47.